The van der Waals surface area contributed by atoms with Crippen LogP contribution < -0.4 is 0 Å². The summed E-state index contributed by atoms with van der Waals surface area (Å²) in [5, 5.41) is 9.15. The Morgan fingerprint density at radius 1 is 0.692 bits per heavy atom. The van der Waals surface area contributed by atoms with Gasteiger partial charge in [0.05, 0.1) is 11.6 Å². The molecule has 6 aromatic heterocycles. The summed E-state index contributed by atoms with van der Waals surface area (Å²) in [6.07, 6.45) is 7.78. The monoisotopic (exact) mass is 342 g/mol. The Morgan fingerprint density at radius 3 is 2.62 bits per heavy atom. The average Bonchev–Trinajstić information content (AvgIpc) is 3.24. The maximum atomic E-state index is 5.70. The predicted molar refractivity (Wildman–Crippen MR) is 88.8 cm³/mol. The smallest absolute Gasteiger partial charge is 0.250 e. The van der Waals surface area contributed by atoms with Crippen LogP contribution in [0.1, 0.15) is 0 Å². The minimum Gasteiger partial charge on any atom is -0.436 e. The summed E-state index contributed by atoms with van der Waals surface area (Å²) < 4.78 is 11.3. The summed E-state index contributed by atoms with van der Waals surface area (Å²) in [4.78, 5) is 25.3. The summed E-state index contributed by atoms with van der Waals surface area (Å²) in [7, 11) is 0. The number of furan rings is 2. The van der Waals surface area contributed by atoms with Crippen molar-refractivity contribution in [2.75, 3.05) is 0 Å². The zero-order chi connectivity index (χ0) is 17.1. The number of fused-ring (bicyclic) bond motifs is 6. The SMILES string of the molecule is c1ncc2c(n1)oc1cc(-c3cnc4c(n3)oc3nccnc34)nnc12. The highest BCUT2D eigenvalue weighted by Crippen LogP contribution is 2.28. The first-order valence-corrected chi connectivity index (χ1v) is 7.59. The van der Waals surface area contributed by atoms with Crippen LogP contribution in [0.25, 0.3) is 56.0 Å². The lowest BCUT2D eigenvalue weighted by molar-refractivity contribution is 0.638. The van der Waals surface area contributed by atoms with Crippen LogP contribution in [0.4, 0.5) is 0 Å². The second kappa shape index (κ2) is 4.72. The molecule has 0 aliphatic rings. The highest BCUT2D eigenvalue weighted by Gasteiger charge is 2.16. The van der Waals surface area contributed by atoms with Crippen molar-refractivity contribution in [3.63, 3.8) is 0 Å². The largest absolute Gasteiger partial charge is 0.436 e. The summed E-state index contributed by atoms with van der Waals surface area (Å²) in [5.41, 5.74) is 4.42. The average molecular weight is 342 g/mol. The molecule has 0 saturated heterocycles. The molecule has 6 rings (SSSR count). The van der Waals surface area contributed by atoms with Gasteiger partial charge in [0.15, 0.2) is 16.6 Å². The van der Waals surface area contributed by atoms with E-state index in [9.17, 15) is 0 Å². The van der Waals surface area contributed by atoms with Crippen LogP contribution in [0.5, 0.6) is 0 Å². The summed E-state index contributed by atoms with van der Waals surface area (Å²) in [6, 6.07) is 1.74. The molecule has 10 heteroatoms. The van der Waals surface area contributed by atoms with Gasteiger partial charge in [0.2, 0.25) is 17.1 Å². The topological polar surface area (TPSA) is 129 Å². The van der Waals surface area contributed by atoms with Gasteiger partial charge in [0, 0.05) is 24.7 Å². The molecule has 0 atom stereocenters. The van der Waals surface area contributed by atoms with Crippen molar-refractivity contribution in [3.05, 3.63) is 37.2 Å². The summed E-state index contributed by atoms with van der Waals surface area (Å²) in [5.74, 6) is 0. The molecule has 0 amide bonds. The minimum atomic E-state index is 0.334. The molecule has 0 N–H and O–H groups in total. The van der Waals surface area contributed by atoms with Gasteiger partial charge in [-0.3, -0.25) is 0 Å². The Balaban J connectivity index is 1.57. The van der Waals surface area contributed by atoms with Gasteiger partial charge in [-0.25, -0.2) is 29.9 Å². The third kappa shape index (κ3) is 1.75. The van der Waals surface area contributed by atoms with E-state index < -0.39 is 0 Å². The number of aromatic nitrogens is 8. The Morgan fingerprint density at radius 2 is 1.62 bits per heavy atom. The van der Waals surface area contributed by atoms with Crippen molar-refractivity contribution in [1.82, 2.24) is 40.1 Å². The fourth-order valence-corrected chi connectivity index (χ4v) is 2.81. The molecule has 6 aromatic rings. The molecule has 0 radical (unpaired) electrons. The molecule has 10 nitrogen and oxygen atoms in total. The molecule has 122 valence electrons. The standard InChI is InChI=1S/C16H6N8O2/c1-2-19-15-12(18-1)13-16(26-15)22-9(5-20-13)8-3-10-11(24-23-8)7-4-17-6-21-14(7)25-10/h1-6H. The maximum Gasteiger partial charge on any atom is 0.250 e. The van der Waals surface area contributed by atoms with Gasteiger partial charge in [-0.1, -0.05) is 0 Å². The lowest BCUT2D eigenvalue weighted by atomic mass is 10.2. The van der Waals surface area contributed by atoms with E-state index in [1.807, 2.05) is 0 Å². The molecule has 0 bridgehead atoms. The van der Waals surface area contributed by atoms with Crippen molar-refractivity contribution in [3.8, 4) is 11.4 Å². The molecule has 6 heterocycles. The van der Waals surface area contributed by atoms with Crippen LogP contribution in [-0.2, 0) is 0 Å². The van der Waals surface area contributed by atoms with E-state index >= 15 is 0 Å². The number of hydrogen-bond acceptors (Lipinski definition) is 10. The van der Waals surface area contributed by atoms with Crippen molar-refractivity contribution in [1.29, 1.82) is 0 Å². The van der Waals surface area contributed by atoms with E-state index in [2.05, 4.69) is 40.1 Å². The lowest BCUT2D eigenvalue weighted by Crippen LogP contribution is -1.92. The van der Waals surface area contributed by atoms with E-state index in [1.54, 1.807) is 30.9 Å². The number of nitrogens with zero attached hydrogens (tertiary/aromatic N) is 8. The van der Waals surface area contributed by atoms with Crippen molar-refractivity contribution >= 4 is 44.7 Å². The molecular formula is C16H6N8O2. The lowest BCUT2D eigenvalue weighted by Gasteiger charge is -1.97. The fourth-order valence-electron chi connectivity index (χ4n) is 2.81. The van der Waals surface area contributed by atoms with Gasteiger partial charge >= 0.3 is 0 Å². The van der Waals surface area contributed by atoms with Gasteiger partial charge in [0.25, 0.3) is 0 Å². The zero-order valence-corrected chi connectivity index (χ0v) is 12.9. The highest BCUT2D eigenvalue weighted by molar-refractivity contribution is 6.01. The second-order valence-electron chi connectivity index (χ2n) is 5.51. The molecular weight excluding hydrogens is 336 g/mol. The van der Waals surface area contributed by atoms with Crippen LogP contribution >= 0.6 is 0 Å². The van der Waals surface area contributed by atoms with Crippen LogP contribution in [0.2, 0.25) is 0 Å². The number of rotatable bonds is 1. The van der Waals surface area contributed by atoms with Crippen LogP contribution in [0.3, 0.4) is 0 Å². The highest BCUT2D eigenvalue weighted by atomic mass is 16.4. The number of hydrogen-bond donors (Lipinski definition) is 0. The first-order chi connectivity index (χ1) is 12.9. The van der Waals surface area contributed by atoms with E-state index in [0.717, 1.165) is 0 Å². The van der Waals surface area contributed by atoms with E-state index in [0.29, 0.717) is 56.0 Å². The quantitative estimate of drug-likeness (QED) is 0.438. The van der Waals surface area contributed by atoms with Crippen molar-refractivity contribution < 1.29 is 8.83 Å². The normalized spacial score (nSPS) is 11.8. The minimum absolute atomic E-state index is 0.334. The molecule has 26 heavy (non-hydrogen) atoms. The Kier molecular flexibility index (Phi) is 2.41. The summed E-state index contributed by atoms with van der Waals surface area (Å²) in [6.45, 7) is 0. The van der Waals surface area contributed by atoms with E-state index in [1.165, 1.54) is 6.33 Å². The molecule has 0 aromatic carbocycles. The van der Waals surface area contributed by atoms with Gasteiger partial charge in [-0.05, 0) is 0 Å². The van der Waals surface area contributed by atoms with Crippen molar-refractivity contribution in [2.24, 2.45) is 0 Å². The van der Waals surface area contributed by atoms with Crippen LogP contribution in [0.15, 0.2) is 46.0 Å². The van der Waals surface area contributed by atoms with Crippen LogP contribution in [-0.4, -0.2) is 40.1 Å². The molecule has 0 saturated carbocycles. The van der Waals surface area contributed by atoms with E-state index in [-0.39, 0.29) is 0 Å². The van der Waals surface area contributed by atoms with Gasteiger partial charge in [0.1, 0.15) is 23.2 Å². The second-order valence-corrected chi connectivity index (χ2v) is 5.51. The first-order valence-electron chi connectivity index (χ1n) is 7.59. The zero-order valence-electron chi connectivity index (χ0n) is 12.9. The Labute approximate surface area is 143 Å². The molecule has 0 aliphatic carbocycles. The van der Waals surface area contributed by atoms with Crippen molar-refractivity contribution in [2.45, 2.75) is 0 Å². The Bertz CT molecular complexity index is 1340. The third-order valence-corrected chi connectivity index (χ3v) is 3.98. The Hall–Kier alpha value is -4.08. The van der Waals surface area contributed by atoms with Gasteiger partial charge in [-0.15, -0.1) is 10.2 Å². The molecule has 0 unspecified atom stereocenters. The fraction of sp³-hybridized carbons (Fsp3) is 0. The predicted octanol–water partition coefficient (Wildman–Crippen LogP) is 2.31. The molecule has 0 aliphatic heterocycles. The molecule has 0 spiro atoms. The van der Waals surface area contributed by atoms with Crippen LogP contribution in [0, 0.1) is 0 Å². The van der Waals surface area contributed by atoms with E-state index in [4.69, 9.17) is 8.83 Å². The summed E-state index contributed by atoms with van der Waals surface area (Å²) >= 11 is 0. The maximum absolute atomic E-state index is 5.70. The van der Waals surface area contributed by atoms with Gasteiger partial charge < -0.3 is 8.83 Å². The third-order valence-electron chi connectivity index (χ3n) is 3.98. The first kappa shape index (κ1) is 13.2. The molecule has 0 fully saturated rings. The van der Waals surface area contributed by atoms with Gasteiger partial charge in [-0.2, -0.15) is 0 Å².